The van der Waals surface area contributed by atoms with E-state index in [9.17, 15) is 17.6 Å². The molecule has 0 saturated heterocycles. The quantitative estimate of drug-likeness (QED) is 0.612. The number of carbonyl (C=O) groups is 1. The zero-order valence-electron chi connectivity index (χ0n) is 15.2. The second kappa shape index (κ2) is 8.17. The fourth-order valence-corrected chi connectivity index (χ4v) is 4.47. The van der Waals surface area contributed by atoms with E-state index in [0.717, 1.165) is 22.1 Å². The Bertz CT molecular complexity index is 1070. The summed E-state index contributed by atoms with van der Waals surface area (Å²) in [5.41, 5.74) is 1.36. The molecule has 0 bridgehead atoms. The Morgan fingerprint density at radius 1 is 1.11 bits per heavy atom. The first-order valence-corrected chi connectivity index (χ1v) is 10.6. The van der Waals surface area contributed by atoms with Gasteiger partial charge >= 0.3 is 0 Å². The number of likely N-dealkylation sites (N-methyl/N-ethyl adjacent to an activating group) is 1. The zero-order chi connectivity index (χ0) is 20.3. The lowest BCUT2D eigenvalue weighted by Crippen LogP contribution is -2.39. The summed E-state index contributed by atoms with van der Waals surface area (Å²) in [5.74, 6) is -0.985. The number of hydrogen-bond donors (Lipinski definition) is 0. The third-order valence-electron chi connectivity index (χ3n) is 3.94. The minimum Gasteiger partial charge on any atom is -0.272 e. The third-order valence-corrected chi connectivity index (χ3v) is 6.70. The number of sulfonamides is 1. The topological polar surface area (TPSA) is 70.6 Å². The number of amides is 1. The Morgan fingerprint density at radius 3 is 2.32 bits per heavy atom. The molecule has 0 spiro atoms. The van der Waals surface area contributed by atoms with Crippen molar-refractivity contribution < 1.29 is 17.6 Å². The maximum absolute atomic E-state index is 13.1. The number of para-hydroxylation sites is 1. The molecule has 0 N–H and O–H groups in total. The first-order chi connectivity index (χ1) is 13.3. The molecule has 0 radical (unpaired) electrons. The van der Waals surface area contributed by atoms with Gasteiger partial charge in [-0.2, -0.15) is 4.31 Å². The summed E-state index contributed by atoms with van der Waals surface area (Å²) in [6.07, 6.45) is 0. The first-order valence-electron chi connectivity index (χ1n) is 8.31. The molecule has 146 valence electrons. The maximum Gasteiger partial charge on any atom is 0.248 e. The van der Waals surface area contributed by atoms with Crippen LogP contribution < -0.4 is 4.90 Å². The van der Waals surface area contributed by atoms with E-state index in [-0.39, 0.29) is 4.90 Å². The molecule has 0 aliphatic heterocycles. The molecule has 2 aromatic carbocycles. The lowest BCUT2D eigenvalue weighted by Gasteiger charge is -2.23. The van der Waals surface area contributed by atoms with Gasteiger partial charge in [0.05, 0.1) is 22.8 Å². The van der Waals surface area contributed by atoms with E-state index >= 15 is 0 Å². The van der Waals surface area contributed by atoms with Crippen LogP contribution in [0.5, 0.6) is 0 Å². The number of hydrogen-bond acceptors (Lipinski definition) is 5. The summed E-state index contributed by atoms with van der Waals surface area (Å²) in [6.45, 7) is 1.42. The molecule has 0 atom stereocenters. The third kappa shape index (κ3) is 4.27. The predicted molar refractivity (Wildman–Crippen MR) is 107 cm³/mol. The van der Waals surface area contributed by atoms with E-state index in [4.69, 9.17) is 0 Å². The van der Waals surface area contributed by atoms with E-state index in [1.165, 1.54) is 35.4 Å². The van der Waals surface area contributed by atoms with Crippen molar-refractivity contribution in [1.82, 2.24) is 9.29 Å². The van der Waals surface area contributed by atoms with Crippen LogP contribution >= 0.6 is 11.3 Å². The lowest BCUT2D eigenvalue weighted by molar-refractivity contribution is -0.117. The van der Waals surface area contributed by atoms with Crippen LogP contribution in [0, 0.1) is 12.7 Å². The van der Waals surface area contributed by atoms with Crippen molar-refractivity contribution in [2.24, 2.45) is 0 Å². The van der Waals surface area contributed by atoms with Crippen molar-refractivity contribution in [2.75, 3.05) is 18.5 Å². The number of halogens is 1. The van der Waals surface area contributed by atoms with Gasteiger partial charge in [0.25, 0.3) is 0 Å². The molecular formula is C19H18FN3O3S2. The Kier molecular flexibility index (Phi) is 5.87. The normalized spacial score (nSPS) is 11.6. The van der Waals surface area contributed by atoms with Crippen molar-refractivity contribution in [3.63, 3.8) is 0 Å². The van der Waals surface area contributed by atoms with Gasteiger partial charge in [0.1, 0.15) is 5.82 Å². The molecule has 0 aliphatic carbocycles. The molecule has 0 saturated carbocycles. The molecule has 3 rings (SSSR count). The zero-order valence-corrected chi connectivity index (χ0v) is 16.9. The van der Waals surface area contributed by atoms with Crippen LogP contribution in [0.1, 0.15) is 5.69 Å². The molecule has 3 aromatic rings. The summed E-state index contributed by atoms with van der Waals surface area (Å²) >= 11 is 1.30. The second-order valence-electron chi connectivity index (χ2n) is 6.05. The van der Waals surface area contributed by atoms with E-state index in [2.05, 4.69) is 4.98 Å². The van der Waals surface area contributed by atoms with Crippen molar-refractivity contribution in [3.05, 3.63) is 71.5 Å². The van der Waals surface area contributed by atoms with Gasteiger partial charge < -0.3 is 0 Å². The Morgan fingerprint density at radius 2 is 1.75 bits per heavy atom. The van der Waals surface area contributed by atoms with Crippen LogP contribution in [0.4, 0.5) is 15.2 Å². The fourth-order valence-electron chi connectivity index (χ4n) is 2.52. The molecule has 6 nitrogen and oxygen atoms in total. The molecule has 0 unspecified atom stereocenters. The summed E-state index contributed by atoms with van der Waals surface area (Å²) in [6, 6.07) is 13.4. The van der Waals surface area contributed by atoms with Gasteiger partial charge in [0.2, 0.25) is 15.9 Å². The van der Waals surface area contributed by atoms with Crippen LogP contribution in [0.2, 0.25) is 0 Å². The number of carbonyl (C=O) groups excluding carboxylic acids is 1. The van der Waals surface area contributed by atoms with Crippen LogP contribution in [0.3, 0.4) is 0 Å². The highest BCUT2D eigenvalue weighted by Crippen LogP contribution is 2.29. The maximum atomic E-state index is 13.1. The smallest absolute Gasteiger partial charge is 0.248 e. The standard InChI is InChI=1S/C19H18FN3O3S2/c1-14-13-27-19(21-14)23(16-6-4-3-5-7-16)18(24)12-22(2)28(25,26)17-10-8-15(20)9-11-17/h3-11,13H,12H2,1-2H3. The van der Waals surface area contributed by atoms with Crippen molar-refractivity contribution >= 4 is 38.1 Å². The summed E-state index contributed by atoms with van der Waals surface area (Å²) in [5, 5.41) is 2.28. The largest absolute Gasteiger partial charge is 0.272 e. The summed E-state index contributed by atoms with van der Waals surface area (Å²) in [7, 11) is -2.63. The minimum atomic E-state index is -3.94. The SMILES string of the molecule is Cc1csc(N(C(=O)CN(C)S(=O)(=O)c2ccc(F)cc2)c2ccccc2)n1. The molecule has 1 aromatic heterocycles. The van der Waals surface area contributed by atoms with Crippen LogP contribution in [0.15, 0.2) is 64.9 Å². The Hall–Kier alpha value is -2.62. The number of anilines is 2. The van der Waals surface area contributed by atoms with Crippen molar-refractivity contribution in [2.45, 2.75) is 11.8 Å². The molecule has 0 aliphatic rings. The van der Waals surface area contributed by atoms with Gasteiger partial charge in [0, 0.05) is 12.4 Å². The van der Waals surface area contributed by atoms with Gasteiger partial charge in [-0.1, -0.05) is 18.2 Å². The van der Waals surface area contributed by atoms with Gasteiger partial charge in [-0.05, 0) is 43.3 Å². The average Bonchev–Trinajstić information content (AvgIpc) is 3.09. The highest BCUT2D eigenvalue weighted by Gasteiger charge is 2.27. The Balaban J connectivity index is 1.88. The minimum absolute atomic E-state index is 0.0828. The van der Waals surface area contributed by atoms with Crippen molar-refractivity contribution in [1.29, 1.82) is 0 Å². The Labute approximate surface area is 166 Å². The number of aryl methyl sites for hydroxylation is 1. The van der Waals surface area contributed by atoms with E-state index in [1.54, 1.807) is 24.3 Å². The van der Waals surface area contributed by atoms with Crippen LogP contribution in [-0.2, 0) is 14.8 Å². The molecule has 28 heavy (non-hydrogen) atoms. The molecule has 0 fully saturated rings. The van der Waals surface area contributed by atoms with E-state index in [0.29, 0.717) is 10.8 Å². The van der Waals surface area contributed by atoms with Crippen LogP contribution in [-0.4, -0.2) is 37.2 Å². The second-order valence-corrected chi connectivity index (χ2v) is 8.93. The predicted octanol–water partition coefficient (Wildman–Crippen LogP) is 3.58. The average molecular weight is 420 g/mol. The van der Waals surface area contributed by atoms with Crippen LogP contribution in [0.25, 0.3) is 0 Å². The van der Waals surface area contributed by atoms with Crippen molar-refractivity contribution in [3.8, 4) is 0 Å². The number of nitrogens with zero attached hydrogens (tertiary/aromatic N) is 3. The summed E-state index contributed by atoms with van der Waals surface area (Å²) < 4.78 is 39.4. The van der Waals surface area contributed by atoms with E-state index in [1.807, 2.05) is 18.4 Å². The number of thiazole rings is 1. The van der Waals surface area contributed by atoms with Gasteiger partial charge in [-0.3, -0.25) is 9.69 Å². The first kappa shape index (κ1) is 20.1. The van der Waals surface area contributed by atoms with Gasteiger partial charge in [-0.25, -0.2) is 17.8 Å². The molecule has 1 amide bonds. The molecular weight excluding hydrogens is 401 g/mol. The summed E-state index contributed by atoms with van der Waals surface area (Å²) in [4.78, 5) is 18.7. The molecule has 9 heteroatoms. The number of rotatable bonds is 6. The van der Waals surface area contributed by atoms with E-state index < -0.39 is 28.3 Å². The monoisotopic (exact) mass is 419 g/mol. The molecule has 1 heterocycles. The lowest BCUT2D eigenvalue weighted by atomic mass is 10.3. The highest BCUT2D eigenvalue weighted by molar-refractivity contribution is 7.89. The highest BCUT2D eigenvalue weighted by atomic mass is 32.2. The fraction of sp³-hybridized carbons (Fsp3) is 0.158. The number of benzene rings is 2. The van der Waals surface area contributed by atoms with Gasteiger partial charge in [0.15, 0.2) is 5.13 Å². The number of aromatic nitrogens is 1. The van der Waals surface area contributed by atoms with Gasteiger partial charge in [-0.15, -0.1) is 11.3 Å².